The zero-order valence-electron chi connectivity index (χ0n) is 14.2. The Morgan fingerprint density at radius 3 is 1.74 bits per heavy atom. The Labute approximate surface area is 149 Å². The molecular weight excluding hydrogens is 344 g/mol. The molecule has 122 valence electrons. The zero-order valence-corrected chi connectivity index (χ0v) is 15.7. The molecule has 3 rings (SSSR count). The van der Waals surface area contributed by atoms with Crippen LogP contribution >= 0.6 is 15.9 Å². The van der Waals surface area contributed by atoms with E-state index in [1.54, 1.807) is 0 Å². The Balaban J connectivity index is 1.68. The van der Waals surface area contributed by atoms with Gasteiger partial charge in [0, 0.05) is 10.7 Å². The normalized spacial score (nSPS) is 14.5. The lowest BCUT2D eigenvalue weighted by molar-refractivity contribution is 0.481. The highest BCUT2D eigenvalue weighted by molar-refractivity contribution is 9.09. The fourth-order valence-corrected chi connectivity index (χ4v) is 4.49. The lowest BCUT2D eigenvalue weighted by Crippen LogP contribution is -2.20. The average Bonchev–Trinajstić information content (AvgIpc) is 2.85. The molecule has 0 aromatic heterocycles. The maximum atomic E-state index is 3.51. The second-order valence-corrected chi connectivity index (χ2v) is 7.78. The molecular formula is C22H27Br. The van der Waals surface area contributed by atoms with Gasteiger partial charge < -0.3 is 0 Å². The summed E-state index contributed by atoms with van der Waals surface area (Å²) in [6.45, 7) is 2.45. The third-order valence-electron chi connectivity index (χ3n) is 5.39. The molecule has 1 aliphatic rings. The lowest BCUT2D eigenvalue weighted by atomic mass is 9.76. The molecule has 0 spiro atoms. The molecule has 2 aromatic rings. The molecule has 0 bridgehead atoms. The Morgan fingerprint density at radius 1 is 0.696 bits per heavy atom. The van der Waals surface area contributed by atoms with E-state index in [1.807, 2.05) is 0 Å². The first-order valence-corrected chi connectivity index (χ1v) is 10.1. The van der Waals surface area contributed by atoms with Crippen LogP contribution in [0.3, 0.4) is 0 Å². The van der Waals surface area contributed by atoms with Crippen molar-refractivity contribution in [2.24, 2.45) is 0 Å². The minimum absolute atomic E-state index is 0.197. The molecule has 0 fully saturated rings. The van der Waals surface area contributed by atoms with Crippen molar-refractivity contribution in [3.05, 3.63) is 59.7 Å². The van der Waals surface area contributed by atoms with Crippen molar-refractivity contribution in [1.29, 1.82) is 0 Å². The second kappa shape index (κ2) is 7.66. The molecule has 1 heteroatoms. The molecule has 0 radical (unpaired) electrons. The SMILES string of the molecule is CC1(CCCCCCCCBr)c2ccccc2-c2ccccc21. The zero-order chi connectivity index (χ0) is 16.1. The van der Waals surface area contributed by atoms with Gasteiger partial charge in [0.05, 0.1) is 0 Å². The topological polar surface area (TPSA) is 0 Å². The number of halogens is 1. The summed E-state index contributed by atoms with van der Waals surface area (Å²) in [6.07, 6.45) is 9.41. The molecule has 0 N–H and O–H groups in total. The van der Waals surface area contributed by atoms with Crippen LogP contribution in [-0.4, -0.2) is 5.33 Å². The first-order valence-electron chi connectivity index (χ1n) is 9.03. The van der Waals surface area contributed by atoms with E-state index < -0.39 is 0 Å². The summed E-state index contributed by atoms with van der Waals surface area (Å²) in [6, 6.07) is 18.0. The van der Waals surface area contributed by atoms with Gasteiger partial charge in [-0.2, -0.15) is 0 Å². The third-order valence-corrected chi connectivity index (χ3v) is 5.95. The quantitative estimate of drug-likeness (QED) is 0.343. The van der Waals surface area contributed by atoms with Gasteiger partial charge in [0.2, 0.25) is 0 Å². The molecule has 0 heterocycles. The Kier molecular flexibility index (Phi) is 5.58. The molecule has 0 aliphatic heterocycles. The van der Waals surface area contributed by atoms with E-state index in [-0.39, 0.29) is 5.41 Å². The Hall–Kier alpha value is -1.08. The van der Waals surface area contributed by atoms with Gasteiger partial charge in [0.25, 0.3) is 0 Å². The van der Waals surface area contributed by atoms with Gasteiger partial charge in [-0.25, -0.2) is 0 Å². The number of rotatable bonds is 8. The molecule has 0 saturated carbocycles. The van der Waals surface area contributed by atoms with E-state index in [0.29, 0.717) is 0 Å². The van der Waals surface area contributed by atoms with E-state index in [2.05, 4.69) is 71.4 Å². The van der Waals surface area contributed by atoms with Crippen LogP contribution in [0.5, 0.6) is 0 Å². The maximum absolute atomic E-state index is 3.51. The first-order chi connectivity index (χ1) is 11.3. The van der Waals surface area contributed by atoms with Crippen LogP contribution in [0.15, 0.2) is 48.5 Å². The van der Waals surface area contributed by atoms with Gasteiger partial charge in [-0.1, -0.05) is 103 Å². The van der Waals surface area contributed by atoms with Gasteiger partial charge in [-0.05, 0) is 35.1 Å². The molecule has 0 saturated heterocycles. The van der Waals surface area contributed by atoms with Crippen molar-refractivity contribution in [2.75, 3.05) is 5.33 Å². The molecule has 1 aliphatic carbocycles. The smallest absolute Gasteiger partial charge is 0.0187 e. The van der Waals surface area contributed by atoms with Crippen LogP contribution < -0.4 is 0 Å². The lowest BCUT2D eigenvalue weighted by Gasteiger charge is -2.27. The van der Waals surface area contributed by atoms with E-state index in [4.69, 9.17) is 0 Å². The van der Waals surface area contributed by atoms with Crippen molar-refractivity contribution in [1.82, 2.24) is 0 Å². The van der Waals surface area contributed by atoms with Gasteiger partial charge in [-0.15, -0.1) is 0 Å². The minimum atomic E-state index is 0.197. The van der Waals surface area contributed by atoms with Crippen molar-refractivity contribution in [3.8, 4) is 11.1 Å². The predicted molar refractivity (Wildman–Crippen MR) is 104 cm³/mol. The number of hydrogen-bond acceptors (Lipinski definition) is 0. The fourth-order valence-electron chi connectivity index (χ4n) is 4.09. The molecule has 0 amide bonds. The highest BCUT2D eigenvalue weighted by Crippen LogP contribution is 2.50. The van der Waals surface area contributed by atoms with Crippen LogP contribution in [0.25, 0.3) is 11.1 Å². The summed E-state index contributed by atoms with van der Waals surface area (Å²) in [5, 5.41) is 1.15. The van der Waals surface area contributed by atoms with Gasteiger partial charge in [0.1, 0.15) is 0 Å². The highest BCUT2D eigenvalue weighted by Gasteiger charge is 2.37. The summed E-state index contributed by atoms with van der Waals surface area (Å²) in [5.74, 6) is 0. The standard InChI is InChI=1S/C22H27Br/c1-22(16-10-4-2-3-5-11-17-23)20-14-8-6-12-18(20)19-13-7-9-15-21(19)22/h6-9,12-15H,2-5,10-11,16-17H2,1H3. The summed E-state index contributed by atoms with van der Waals surface area (Å²) >= 11 is 3.51. The number of fused-ring (bicyclic) bond motifs is 3. The van der Waals surface area contributed by atoms with E-state index in [9.17, 15) is 0 Å². The monoisotopic (exact) mass is 370 g/mol. The Morgan fingerprint density at radius 2 is 1.17 bits per heavy atom. The predicted octanol–water partition coefficient (Wildman–Crippen LogP) is 7.10. The minimum Gasteiger partial charge on any atom is -0.0928 e. The summed E-state index contributed by atoms with van der Waals surface area (Å²) in [7, 11) is 0. The van der Waals surface area contributed by atoms with Crippen LogP contribution in [0, 0.1) is 0 Å². The molecule has 0 nitrogen and oxygen atoms in total. The molecule has 0 unspecified atom stereocenters. The number of hydrogen-bond donors (Lipinski definition) is 0. The van der Waals surface area contributed by atoms with Crippen molar-refractivity contribution < 1.29 is 0 Å². The van der Waals surface area contributed by atoms with Gasteiger partial charge >= 0.3 is 0 Å². The summed E-state index contributed by atoms with van der Waals surface area (Å²) in [5.41, 5.74) is 6.15. The van der Waals surface area contributed by atoms with Crippen LogP contribution in [0.2, 0.25) is 0 Å². The van der Waals surface area contributed by atoms with E-state index in [1.165, 1.54) is 67.2 Å². The van der Waals surface area contributed by atoms with Gasteiger partial charge in [-0.3, -0.25) is 0 Å². The number of alkyl halides is 1. The fraction of sp³-hybridized carbons (Fsp3) is 0.455. The second-order valence-electron chi connectivity index (χ2n) is 6.98. The first kappa shape index (κ1) is 16.8. The van der Waals surface area contributed by atoms with Gasteiger partial charge in [0.15, 0.2) is 0 Å². The molecule has 23 heavy (non-hydrogen) atoms. The van der Waals surface area contributed by atoms with E-state index >= 15 is 0 Å². The summed E-state index contributed by atoms with van der Waals surface area (Å²) < 4.78 is 0. The largest absolute Gasteiger partial charge is 0.0928 e. The van der Waals surface area contributed by atoms with Crippen LogP contribution in [0.4, 0.5) is 0 Å². The highest BCUT2D eigenvalue weighted by atomic mass is 79.9. The van der Waals surface area contributed by atoms with Crippen molar-refractivity contribution in [3.63, 3.8) is 0 Å². The van der Waals surface area contributed by atoms with Crippen LogP contribution in [-0.2, 0) is 5.41 Å². The molecule has 0 atom stereocenters. The maximum Gasteiger partial charge on any atom is 0.0187 e. The van der Waals surface area contributed by atoms with E-state index in [0.717, 1.165) is 5.33 Å². The number of unbranched alkanes of at least 4 members (excludes halogenated alkanes) is 5. The average molecular weight is 371 g/mol. The third kappa shape index (κ3) is 3.40. The number of benzene rings is 2. The van der Waals surface area contributed by atoms with Crippen LogP contribution in [0.1, 0.15) is 63.0 Å². The summed E-state index contributed by atoms with van der Waals surface area (Å²) in [4.78, 5) is 0. The Bertz CT molecular complexity index is 598. The van der Waals surface area contributed by atoms with Crippen molar-refractivity contribution >= 4 is 15.9 Å². The molecule has 2 aromatic carbocycles. The van der Waals surface area contributed by atoms with Crippen molar-refractivity contribution in [2.45, 2.75) is 57.3 Å².